The first-order chi connectivity index (χ1) is 13.9. The molecule has 5 rings (SSSR count). The molecule has 0 radical (unpaired) electrons. The van der Waals surface area contributed by atoms with Gasteiger partial charge in [-0.3, -0.25) is 14.4 Å². The summed E-state index contributed by atoms with van der Waals surface area (Å²) in [6.45, 7) is 3.05. The predicted molar refractivity (Wildman–Crippen MR) is 107 cm³/mol. The number of nitrogens with one attached hydrogen (secondary N) is 1. The van der Waals surface area contributed by atoms with Gasteiger partial charge in [0.1, 0.15) is 11.4 Å². The fraction of sp³-hybridized carbons (Fsp3) is 0.348. The van der Waals surface area contributed by atoms with Gasteiger partial charge in [-0.15, -0.1) is 0 Å². The Hall–Kier alpha value is -3.15. The number of likely N-dealkylation sites (tertiary alicyclic amines) is 1. The van der Waals surface area contributed by atoms with E-state index in [1.807, 2.05) is 30.0 Å². The summed E-state index contributed by atoms with van der Waals surface area (Å²) < 4.78 is 6.29. The van der Waals surface area contributed by atoms with Crippen molar-refractivity contribution < 1.29 is 19.1 Å². The highest BCUT2D eigenvalue weighted by Gasteiger charge is 2.43. The molecule has 2 aromatic rings. The fourth-order valence-electron chi connectivity index (χ4n) is 4.55. The summed E-state index contributed by atoms with van der Waals surface area (Å²) in [5.74, 6) is 0.687. The average Bonchev–Trinajstić information content (AvgIpc) is 3.08. The van der Waals surface area contributed by atoms with Gasteiger partial charge in [-0.25, -0.2) is 0 Å². The smallest absolute Gasteiger partial charge is 0.253 e. The number of ketones is 1. The van der Waals surface area contributed by atoms with Crippen LogP contribution in [-0.2, 0) is 11.2 Å². The largest absolute Gasteiger partial charge is 0.486 e. The van der Waals surface area contributed by atoms with E-state index in [0.717, 1.165) is 16.8 Å². The molecule has 6 nitrogen and oxygen atoms in total. The highest BCUT2D eigenvalue weighted by molar-refractivity contribution is 6.02. The molecule has 3 heterocycles. The summed E-state index contributed by atoms with van der Waals surface area (Å²) in [5.41, 5.74) is 3.43. The molecule has 0 saturated carbocycles. The van der Waals surface area contributed by atoms with Gasteiger partial charge in [-0.05, 0) is 42.8 Å². The van der Waals surface area contributed by atoms with Crippen LogP contribution in [0, 0.1) is 6.92 Å². The first-order valence-electron chi connectivity index (χ1n) is 9.97. The Morgan fingerprint density at radius 1 is 1.10 bits per heavy atom. The molecular weight excluding hydrogens is 368 g/mol. The number of rotatable bonds is 1. The third-order valence-electron chi connectivity index (χ3n) is 6.18. The zero-order valence-electron chi connectivity index (χ0n) is 16.3. The van der Waals surface area contributed by atoms with Gasteiger partial charge in [0.15, 0.2) is 5.78 Å². The van der Waals surface area contributed by atoms with Crippen LogP contribution in [0.1, 0.15) is 51.1 Å². The minimum atomic E-state index is -0.523. The van der Waals surface area contributed by atoms with Crippen molar-refractivity contribution in [2.24, 2.45) is 0 Å². The molecule has 2 aromatic carbocycles. The molecule has 1 spiro atoms. The van der Waals surface area contributed by atoms with E-state index in [2.05, 4.69) is 5.32 Å². The molecule has 29 heavy (non-hydrogen) atoms. The van der Waals surface area contributed by atoms with Crippen LogP contribution >= 0.6 is 0 Å². The maximum Gasteiger partial charge on any atom is 0.253 e. The molecule has 148 valence electrons. The Balaban J connectivity index is 1.30. The quantitative estimate of drug-likeness (QED) is 0.812. The van der Waals surface area contributed by atoms with Crippen LogP contribution < -0.4 is 10.1 Å². The number of Topliss-reactive ketones (excluding diaryl/α,β-unsaturated/α-hetero) is 1. The molecular formula is C23H22N2O4. The van der Waals surface area contributed by atoms with Crippen molar-refractivity contribution in [1.82, 2.24) is 4.90 Å². The number of fused-ring (bicyclic) bond motifs is 2. The summed E-state index contributed by atoms with van der Waals surface area (Å²) in [5, 5.41) is 2.79. The summed E-state index contributed by atoms with van der Waals surface area (Å²) >= 11 is 0. The predicted octanol–water partition coefficient (Wildman–Crippen LogP) is 3.13. The van der Waals surface area contributed by atoms with Gasteiger partial charge in [-0.1, -0.05) is 11.6 Å². The molecule has 0 atom stereocenters. The summed E-state index contributed by atoms with van der Waals surface area (Å²) in [6, 6.07) is 11.1. The Morgan fingerprint density at radius 3 is 2.69 bits per heavy atom. The zero-order valence-corrected chi connectivity index (χ0v) is 16.3. The van der Waals surface area contributed by atoms with Crippen LogP contribution in [0.3, 0.4) is 0 Å². The van der Waals surface area contributed by atoms with Crippen molar-refractivity contribution in [3.63, 3.8) is 0 Å². The second kappa shape index (κ2) is 6.44. The average molecular weight is 390 g/mol. The Morgan fingerprint density at radius 2 is 1.90 bits per heavy atom. The first-order valence-corrected chi connectivity index (χ1v) is 9.97. The molecule has 0 aliphatic carbocycles. The fourth-order valence-corrected chi connectivity index (χ4v) is 4.55. The lowest BCUT2D eigenvalue weighted by atomic mass is 9.82. The van der Waals surface area contributed by atoms with Crippen molar-refractivity contribution in [1.29, 1.82) is 0 Å². The number of aryl methyl sites for hydroxylation is 1. The summed E-state index contributed by atoms with van der Waals surface area (Å²) in [4.78, 5) is 39.0. The lowest BCUT2D eigenvalue weighted by Crippen LogP contribution is -2.52. The number of hydrogen-bond acceptors (Lipinski definition) is 4. The lowest BCUT2D eigenvalue weighted by molar-refractivity contribution is -0.115. The number of carbonyl (C=O) groups excluding carboxylic acids is 3. The molecule has 1 saturated heterocycles. The normalized spacial score (nSPS) is 19.4. The van der Waals surface area contributed by atoms with E-state index in [9.17, 15) is 14.4 Å². The van der Waals surface area contributed by atoms with Crippen LogP contribution in [0.2, 0.25) is 0 Å². The minimum absolute atomic E-state index is 0.0415. The van der Waals surface area contributed by atoms with Crippen LogP contribution in [0.5, 0.6) is 5.75 Å². The van der Waals surface area contributed by atoms with E-state index >= 15 is 0 Å². The SMILES string of the molecule is Cc1ccc2c(c1)C(=O)CC1(CCN(C(=O)c3ccc4c(c3)CC(=O)N4)CC1)O2. The van der Waals surface area contributed by atoms with Crippen LogP contribution in [-0.4, -0.2) is 41.2 Å². The summed E-state index contributed by atoms with van der Waals surface area (Å²) in [6.07, 6.45) is 1.93. The number of ether oxygens (including phenoxy) is 1. The number of nitrogens with zero attached hydrogens (tertiary/aromatic N) is 1. The number of benzene rings is 2. The van der Waals surface area contributed by atoms with E-state index in [1.165, 1.54) is 0 Å². The van der Waals surface area contributed by atoms with Crippen LogP contribution in [0.15, 0.2) is 36.4 Å². The van der Waals surface area contributed by atoms with Crippen molar-refractivity contribution in [2.45, 2.75) is 38.2 Å². The number of carbonyl (C=O) groups is 3. The van der Waals surface area contributed by atoms with E-state index < -0.39 is 5.60 Å². The van der Waals surface area contributed by atoms with Gasteiger partial charge < -0.3 is 15.0 Å². The van der Waals surface area contributed by atoms with Gasteiger partial charge >= 0.3 is 0 Å². The van der Waals surface area contributed by atoms with Gasteiger partial charge in [0.05, 0.1) is 18.4 Å². The second-order valence-electron chi connectivity index (χ2n) is 8.27. The van der Waals surface area contributed by atoms with E-state index in [4.69, 9.17) is 4.74 Å². The van der Waals surface area contributed by atoms with Crippen molar-refractivity contribution in [2.75, 3.05) is 18.4 Å². The molecule has 0 unspecified atom stereocenters. The van der Waals surface area contributed by atoms with E-state index in [0.29, 0.717) is 55.6 Å². The maximum absolute atomic E-state index is 13.0. The molecule has 0 bridgehead atoms. The molecule has 3 aliphatic heterocycles. The van der Waals surface area contributed by atoms with Crippen molar-refractivity contribution in [3.8, 4) is 5.75 Å². The number of hydrogen-bond donors (Lipinski definition) is 1. The topological polar surface area (TPSA) is 75.7 Å². The number of amides is 2. The van der Waals surface area contributed by atoms with Crippen LogP contribution in [0.25, 0.3) is 0 Å². The molecule has 3 aliphatic rings. The van der Waals surface area contributed by atoms with Crippen LogP contribution in [0.4, 0.5) is 5.69 Å². The third-order valence-corrected chi connectivity index (χ3v) is 6.18. The monoisotopic (exact) mass is 390 g/mol. The Kier molecular flexibility index (Phi) is 3.98. The Labute approximate surface area is 168 Å². The molecule has 2 amide bonds. The molecule has 0 aromatic heterocycles. The number of anilines is 1. The van der Waals surface area contributed by atoms with Crippen molar-refractivity contribution >= 4 is 23.3 Å². The zero-order chi connectivity index (χ0) is 20.2. The number of piperidine rings is 1. The summed E-state index contributed by atoms with van der Waals surface area (Å²) in [7, 11) is 0. The lowest BCUT2D eigenvalue weighted by Gasteiger charge is -2.44. The molecule has 1 N–H and O–H groups in total. The second-order valence-corrected chi connectivity index (χ2v) is 8.27. The standard InChI is InChI=1S/C23H22N2O4/c1-14-2-5-20-17(10-14)19(26)13-23(29-20)6-8-25(9-7-23)22(28)15-3-4-18-16(11-15)12-21(27)24-18/h2-5,10-11H,6-9,12-13H2,1H3,(H,24,27). The maximum atomic E-state index is 13.0. The van der Waals surface area contributed by atoms with Gasteiger partial charge in [0, 0.05) is 37.2 Å². The van der Waals surface area contributed by atoms with E-state index in [1.54, 1.807) is 18.2 Å². The molecule has 6 heteroatoms. The highest BCUT2D eigenvalue weighted by Crippen LogP contribution is 2.40. The van der Waals surface area contributed by atoms with E-state index in [-0.39, 0.29) is 17.6 Å². The highest BCUT2D eigenvalue weighted by atomic mass is 16.5. The van der Waals surface area contributed by atoms with Gasteiger partial charge in [0.25, 0.3) is 5.91 Å². The molecule has 1 fully saturated rings. The van der Waals surface area contributed by atoms with Gasteiger partial charge in [0.2, 0.25) is 5.91 Å². The third kappa shape index (κ3) is 3.09. The minimum Gasteiger partial charge on any atom is -0.486 e. The first kappa shape index (κ1) is 17.9. The van der Waals surface area contributed by atoms with Gasteiger partial charge in [-0.2, -0.15) is 0 Å². The van der Waals surface area contributed by atoms with Crippen molar-refractivity contribution in [3.05, 3.63) is 58.7 Å². The Bertz CT molecular complexity index is 1050.